The lowest BCUT2D eigenvalue weighted by Gasteiger charge is -2.39. The van der Waals surface area contributed by atoms with E-state index in [0.29, 0.717) is 30.6 Å². The van der Waals surface area contributed by atoms with Gasteiger partial charge in [0.05, 0.1) is 16.4 Å². The van der Waals surface area contributed by atoms with Crippen molar-refractivity contribution in [3.8, 4) is 5.75 Å². The van der Waals surface area contributed by atoms with Crippen LogP contribution in [0.1, 0.15) is 48.8 Å². The first kappa shape index (κ1) is 32.0. The number of halogens is 3. The molecule has 0 aliphatic carbocycles. The van der Waals surface area contributed by atoms with E-state index in [9.17, 15) is 38.3 Å². The fraction of sp³-hybridized carbons (Fsp3) is 0.364. The van der Waals surface area contributed by atoms with Crippen LogP contribution in [-0.2, 0) is 16.9 Å². The Hall–Kier alpha value is -4.42. The number of benzene rings is 3. The van der Waals surface area contributed by atoms with Crippen molar-refractivity contribution in [2.45, 2.75) is 56.5 Å². The largest absolute Gasteiger partial charge is 0.490 e. The molecule has 2 unspecified atom stereocenters. The van der Waals surface area contributed by atoms with Gasteiger partial charge in [-0.15, -0.1) is 0 Å². The number of aliphatic hydroxyl groups is 1. The van der Waals surface area contributed by atoms with Crippen LogP contribution in [0.2, 0.25) is 0 Å². The lowest BCUT2D eigenvalue weighted by molar-refractivity contribution is -0.384. The van der Waals surface area contributed by atoms with Crippen molar-refractivity contribution in [3.05, 3.63) is 106 Å². The van der Waals surface area contributed by atoms with Gasteiger partial charge in [0.1, 0.15) is 11.9 Å². The number of aromatic nitrogens is 1. The van der Waals surface area contributed by atoms with Gasteiger partial charge in [-0.05, 0) is 48.6 Å². The van der Waals surface area contributed by atoms with Gasteiger partial charge in [-0.25, -0.2) is 0 Å². The molecule has 2 N–H and O–H groups in total. The monoisotopic (exact) mass is 625 g/mol. The van der Waals surface area contributed by atoms with Gasteiger partial charge in [-0.3, -0.25) is 19.8 Å². The normalized spacial score (nSPS) is 16.7. The molecule has 0 amide bonds. The number of carboxylic acid groups (broad SMARTS) is 1. The number of hydrogen-bond donors (Lipinski definition) is 2. The first-order valence-electron chi connectivity index (χ1n) is 14.7. The summed E-state index contributed by atoms with van der Waals surface area (Å²) in [4.78, 5) is 24.0. The van der Waals surface area contributed by atoms with Crippen molar-refractivity contribution < 1.29 is 37.8 Å². The minimum Gasteiger partial charge on any atom is -0.490 e. The number of non-ortho nitro benzene ring substituents is 1. The zero-order valence-electron chi connectivity index (χ0n) is 24.6. The second-order valence-corrected chi connectivity index (χ2v) is 11.4. The molecule has 2 atom stereocenters. The third-order valence-corrected chi connectivity index (χ3v) is 8.44. The van der Waals surface area contributed by atoms with Crippen LogP contribution in [0.15, 0.2) is 79.0 Å². The molecule has 2 heterocycles. The summed E-state index contributed by atoms with van der Waals surface area (Å²) in [6.07, 6.45) is -2.88. The number of rotatable bonds is 11. The summed E-state index contributed by atoms with van der Waals surface area (Å²) in [6.45, 7) is 1.67. The predicted molar refractivity (Wildman–Crippen MR) is 161 cm³/mol. The van der Waals surface area contributed by atoms with E-state index in [-0.39, 0.29) is 47.9 Å². The summed E-state index contributed by atoms with van der Waals surface area (Å²) in [5.74, 6) is -1.10. The molecular formula is C33H34F3N3O6. The van der Waals surface area contributed by atoms with E-state index in [1.807, 2.05) is 6.07 Å². The Bertz CT molecular complexity index is 1670. The molecule has 1 fully saturated rings. The molecule has 9 nitrogen and oxygen atoms in total. The molecule has 238 valence electrons. The number of nitrogens with zero attached hydrogens (tertiary/aromatic N) is 3. The van der Waals surface area contributed by atoms with Crippen LogP contribution < -0.4 is 4.74 Å². The van der Waals surface area contributed by atoms with Gasteiger partial charge in [0.25, 0.3) is 5.69 Å². The number of carboxylic acids is 1. The van der Waals surface area contributed by atoms with Crippen LogP contribution in [0, 0.1) is 10.1 Å². The highest BCUT2D eigenvalue weighted by Gasteiger charge is 2.57. The van der Waals surface area contributed by atoms with E-state index in [0.717, 1.165) is 11.6 Å². The van der Waals surface area contributed by atoms with Crippen LogP contribution in [0.4, 0.5) is 18.9 Å². The second-order valence-electron chi connectivity index (χ2n) is 11.4. The minimum absolute atomic E-state index is 0.0844. The maximum atomic E-state index is 14.8. The molecule has 3 aromatic carbocycles. The van der Waals surface area contributed by atoms with Gasteiger partial charge in [0.15, 0.2) is 0 Å². The van der Waals surface area contributed by atoms with Crippen LogP contribution in [-0.4, -0.2) is 62.5 Å². The number of carbonyl (C=O) groups is 1. The van der Waals surface area contributed by atoms with Crippen molar-refractivity contribution >= 4 is 22.6 Å². The Morgan fingerprint density at radius 1 is 1.07 bits per heavy atom. The summed E-state index contributed by atoms with van der Waals surface area (Å²) in [7, 11) is 0. The number of fused-ring (bicyclic) bond motifs is 1. The summed E-state index contributed by atoms with van der Waals surface area (Å²) < 4.78 is 52.0. The Balaban J connectivity index is 1.37. The lowest BCUT2D eigenvalue weighted by atomic mass is 9.91. The van der Waals surface area contributed by atoms with Gasteiger partial charge in [0, 0.05) is 55.5 Å². The topological polar surface area (TPSA) is 118 Å². The first-order chi connectivity index (χ1) is 21.4. The fourth-order valence-electron chi connectivity index (χ4n) is 6.02. The Morgan fingerprint density at radius 2 is 1.78 bits per heavy atom. The average Bonchev–Trinajstić information content (AvgIpc) is 3.36. The number of nitro benzene ring substituents is 1. The quantitative estimate of drug-likeness (QED) is 0.145. The summed E-state index contributed by atoms with van der Waals surface area (Å²) >= 11 is 0. The second kappa shape index (κ2) is 12.9. The average molecular weight is 626 g/mol. The smallest absolute Gasteiger partial charge is 0.422 e. The SMILES string of the molecule is CCC(C(=O)O)c1cccc(OC2CCN(CC(O)(c3cn(Cc4ccccc4)c4cc([N+](=O)[O-])ccc34)C(F)(F)F)CC2)c1. The van der Waals surface area contributed by atoms with E-state index in [1.54, 1.807) is 60.4 Å². The molecule has 5 rings (SSSR count). The van der Waals surface area contributed by atoms with Crippen molar-refractivity contribution in [2.24, 2.45) is 0 Å². The Kier molecular flexibility index (Phi) is 9.17. The highest BCUT2D eigenvalue weighted by molar-refractivity contribution is 5.87. The molecule has 0 spiro atoms. The Morgan fingerprint density at radius 3 is 2.40 bits per heavy atom. The number of hydrogen-bond acceptors (Lipinski definition) is 6. The summed E-state index contributed by atoms with van der Waals surface area (Å²) in [5, 5.41) is 32.6. The summed E-state index contributed by atoms with van der Waals surface area (Å²) in [5.41, 5.74) is -2.27. The highest BCUT2D eigenvalue weighted by atomic mass is 19.4. The maximum Gasteiger partial charge on any atom is 0.422 e. The van der Waals surface area contributed by atoms with E-state index >= 15 is 0 Å². The van der Waals surface area contributed by atoms with Gasteiger partial charge in [-0.2, -0.15) is 13.2 Å². The summed E-state index contributed by atoms with van der Waals surface area (Å²) in [6, 6.07) is 19.5. The molecule has 1 aliphatic heterocycles. The zero-order valence-corrected chi connectivity index (χ0v) is 24.6. The van der Waals surface area contributed by atoms with Crippen LogP contribution in [0.3, 0.4) is 0 Å². The maximum absolute atomic E-state index is 14.8. The number of alkyl halides is 3. The highest BCUT2D eigenvalue weighted by Crippen LogP contribution is 2.44. The van der Waals surface area contributed by atoms with E-state index in [1.165, 1.54) is 22.9 Å². The molecule has 45 heavy (non-hydrogen) atoms. The van der Waals surface area contributed by atoms with Crippen LogP contribution >= 0.6 is 0 Å². The van der Waals surface area contributed by atoms with Crippen molar-refractivity contribution in [2.75, 3.05) is 19.6 Å². The molecule has 1 aliphatic rings. The number of aliphatic carboxylic acids is 1. The van der Waals surface area contributed by atoms with Gasteiger partial charge in [-0.1, -0.05) is 49.4 Å². The van der Waals surface area contributed by atoms with Gasteiger partial charge in [0.2, 0.25) is 5.60 Å². The molecule has 1 aromatic heterocycles. The molecule has 12 heteroatoms. The van der Waals surface area contributed by atoms with Crippen LogP contribution in [0.5, 0.6) is 5.75 Å². The minimum atomic E-state index is -5.05. The van der Waals surface area contributed by atoms with Gasteiger partial charge >= 0.3 is 12.1 Å². The first-order valence-corrected chi connectivity index (χ1v) is 14.7. The van der Waals surface area contributed by atoms with Crippen molar-refractivity contribution in [1.29, 1.82) is 0 Å². The van der Waals surface area contributed by atoms with E-state index < -0.39 is 35.1 Å². The lowest BCUT2D eigenvalue weighted by Crippen LogP contribution is -2.53. The predicted octanol–water partition coefficient (Wildman–Crippen LogP) is 6.47. The molecule has 0 radical (unpaired) electrons. The molecule has 0 saturated carbocycles. The van der Waals surface area contributed by atoms with Crippen molar-refractivity contribution in [1.82, 2.24) is 9.47 Å². The number of likely N-dealkylation sites (tertiary alicyclic amines) is 1. The van der Waals surface area contributed by atoms with Crippen LogP contribution in [0.25, 0.3) is 10.9 Å². The van der Waals surface area contributed by atoms with Gasteiger partial charge < -0.3 is 19.5 Å². The number of ether oxygens (including phenoxy) is 1. The van der Waals surface area contributed by atoms with E-state index in [4.69, 9.17) is 4.74 Å². The standard InChI is InChI=1S/C33H34F3N3O6/c1-2-27(31(40)41)23-9-6-10-26(17-23)45-25-13-15-37(16-14-25)21-32(42,33(34,35)36)29-20-38(19-22-7-4-3-5-8-22)30-18-24(39(43)44)11-12-28(29)30/h3-12,17-18,20,25,27,42H,2,13-16,19,21H2,1H3,(H,40,41). The molecule has 0 bridgehead atoms. The zero-order chi connectivity index (χ0) is 32.4. The number of β-amino-alcohol motifs (C(OH)–C–C–N with tert-alkyl or cyclic N) is 1. The third-order valence-electron chi connectivity index (χ3n) is 8.44. The molecular weight excluding hydrogens is 591 g/mol. The van der Waals surface area contributed by atoms with E-state index in [2.05, 4.69) is 0 Å². The number of nitro groups is 1. The molecule has 1 saturated heterocycles. The fourth-order valence-corrected chi connectivity index (χ4v) is 6.02. The number of piperidine rings is 1. The Labute approximate surface area is 257 Å². The molecule has 4 aromatic rings. The van der Waals surface area contributed by atoms with Crippen molar-refractivity contribution in [3.63, 3.8) is 0 Å². The third kappa shape index (κ3) is 6.81.